The van der Waals surface area contributed by atoms with Gasteiger partial charge >= 0.3 is 0 Å². The van der Waals surface area contributed by atoms with Gasteiger partial charge in [0.25, 0.3) is 5.91 Å². The van der Waals surface area contributed by atoms with Gasteiger partial charge in [-0.15, -0.1) is 12.4 Å². The molecule has 0 saturated heterocycles. The van der Waals surface area contributed by atoms with Gasteiger partial charge in [-0.1, -0.05) is 17.7 Å². The summed E-state index contributed by atoms with van der Waals surface area (Å²) in [5.74, 6) is -0.805. The molecule has 0 unspecified atom stereocenters. The Morgan fingerprint density at radius 2 is 2.13 bits per heavy atom. The Morgan fingerprint density at radius 1 is 1.40 bits per heavy atom. The Kier molecular flexibility index (Phi) is 8.40. The number of halogens is 3. The van der Waals surface area contributed by atoms with E-state index in [9.17, 15) is 9.59 Å². The number of carbonyl (C=O) groups excluding carboxylic acids is 2. The highest BCUT2D eigenvalue weighted by Gasteiger charge is 2.35. The molecule has 0 aliphatic heterocycles. The second kappa shape index (κ2) is 10.6. The lowest BCUT2D eigenvalue weighted by Gasteiger charge is -2.25. The van der Waals surface area contributed by atoms with Crippen LogP contribution in [0.4, 0.5) is 4.39 Å². The molecule has 10 heteroatoms. The van der Waals surface area contributed by atoms with E-state index in [1.165, 1.54) is 18.3 Å². The highest BCUT2D eigenvalue weighted by molar-refractivity contribution is 6.32. The summed E-state index contributed by atoms with van der Waals surface area (Å²) in [6.45, 7) is 2.35. The molecule has 1 saturated carbocycles. The second-order valence-electron chi connectivity index (χ2n) is 7.03. The van der Waals surface area contributed by atoms with E-state index in [4.69, 9.17) is 22.1 Å². The van der Waals surface area contributed by atoms with Crippen molar-refractivity contribution < 1.29 is 18.7 Å². The van der Waals surface area contributed by atoms with Crippen LogP contribution in [0, 0.1) is 11.7 Å². The monoisotopic (exact) mass is 456 g/mol. The van der Waals surface area contributed by atoms with Gasteiger partial charge < -0.3 is 21.1 Å². The van der Waals surface area contributed by atoms with Crippen molar-refractivity contribution in [1.29, 1.82) is 0 Å². The van der Waals surface area contributed by atoms with E-state index in [0.29, 0.717) is 24.4 Å². The number of nitrogens with zero attached hydrogens (tertiary/aromatic N) is 1. The minimum Gasteiger partial charge on any atom is -0.451 e. The van der Waals surface area contributed by atoms with Gasteiger partial charge in [-0.05, 0) is 43.9 Å². The van der Waals surface area contributed by atoms with Crippen LogP contribution in [0.2, 0.25) is 5.02 Å². The van der Waals surface area contributed by atoms with Crippen LogP contribution in [0.5, 0.6) is 11.5 Å². The van der Waals surface area contributed by atoms with Gasteiger partial charge in [0.2, 0.25) is 6.41 Å². The quantitative estimate of drug-likeness (QED) is 0.475. The molecule has 7 nitrogen and oxygen atoms in total. The van der Waals surface area contributed by atoms with Crippen molar-refractivity contribution in [3.05, 3.63) is 52.6 Å². The summed E-state index contributed by atoms with van der Waals surface area (Å²) in [6, 6.07) is 5.83. The first-order chi connectivity index (χ1) is 13.9. The van der Waals surface area contributed by atoms with Crippen LogP contribution >= 0.6 is 24.0 Å². The van der Waals surface area contributed by atoms with Gasteiger partial charge in [0, 0.05) is 24.2 Å². The number of rotatable bonds is 10. The summed E-state index contributed by atoms with van der Waals surface area (Å²) >= 11 is 6.18. The predicted molar refractivity (Wildman–Crippen MR) is 114 cm³/mol. The lowest BCUT2D eigenvalue weighted by atomic mass is 10.00. The SMILES string of the molecule is C[C@@H](CNC=O)N[C@@H](c1ccc(Cl)c(Oc2ccc(C(N)=O)nc2)c1F)C1CC1.Cl. The van der Waals surface area contributed by atoms with E-state index in [0.717, 1.165) is 12.8 Å². The van der Waals surface area contributed by atoms with Crippen molar-refractivity contribution in [2.45, 2.75) is 31.8 Å². The third-order valence-corrected chi connectivity index (χ3v) is 4.99. The normalized spacial score (nSPS) is 14.9. The smallest absolute Gasteiger partial charge is 0.267 e. The first-order valence-electron chi connectivity index (χ1n) is 9.25. The lowest BCUT2D eigenvalue weighted by Crippen LogP contribution is -2.39. The number of benzene rings is 1. The summed E-state index contributed by atoms with van der Waals surface area (Å²) in [7, 11) is 0. The molecule has 0 spiro atoms. The third-order valence-electron chi connectivity index (χ3n) is 4.69. The molecule has 3 rings (SSSR count). The molecule has 2 aromatic rings. The molecule has 1 aliphatic carbocycles. The Hall–Kier alpha value is -2.42. The summed E-state index contributed by atoms with van der Waals surface area (Å²) < 4.78 is 21.0. The van der Waals surface area contributed by atoms with Crippen molar-refractivity contribution in [3.8, 4) is 11.5 Å². The maximum atomic E-state index is 15.4. The van der Waals surface area contributed by atoms with Crippen LogP contribution in [-0.2, 0) is 4.79 Å². The average Bonchev–Trinajstić information content (AvgIpc) is 3.54. The van der Waals surface area contributed by atoms with Gasteiger partial charge in [-0.25, -0.2) is 9.37 Å². The number of nitrogens with one attached hydrogen (secondary N) is 2. The zero-order valence-corrected chi connectivity index (χ0v) is 17.8. The minimum atomic E-state index is -0.667. The molecule has 1 aromatic heterocycles. The summed E-state index contributed by atoms with van der Waals surface area (Å²) in [5, 5.41) is 6.12. The molecular weight excluding hydrogens is 434 g/mol. The maximum absolute atomic E-state index is 15.4. The molecule has 2 amide bonds. The number of primary amides is 1. The standard InChI is InChI=1S/C20H22ClFN4O3.ClH/c1-11(8-24-10-27)26-18(12-2-3-12)14-5-6-15(21)19(17(14)22)29-13-4-7-16(20(23)28)25-9-13;/h4-7,9-12,18,26H,2-3,8H2,1H3,(H2,23,28)(H,24,27);1H/t11-,18+;/m0./s1. The molecule has 2 atom stereocenters. The highest BCUT2D eigenvalue weighted by Crippen LogP contribution is 2.44. The molecule has 30 heavy (non-hydrogen) atoms. The fourth-order valence-corrected chi connectivity index (χ4v) is 3.27. The van der Waals surface area contributed by atoms with Crippen LogP contribution in [-0.4, -0.2) is 29.9 Å². The summed E-state index contributed by atoms with van der Waals surface area (Å²) in [6.07, 6.45) is 3.90. The molecule has 1 heterocycles. The third kappa shape index (κ3) is 5.81. The molecule has 0 bridgehead atoms. The van der Waals surface area contributed by atoms with E-state index in [2.05, 4.69) is 15.6 Å². The van der Waals surface area contributed by atoms with Gasteiger partial charge in [-0.3, -0.25) is 9.59 Å². The van der Waals surface area contributed by atoms with Crippen LogP contribution in [0.1, 0.15) is 41.9 Å². The minimum absolute atomic E-state index is 0. The molecule has 0 radical (unpaired) electrons. The van der Waals surface area contributed by atoms with Crippen molar-refractivity contribution in [2.75, 3.05) is 6.54 Å². The van der Waals surface area contributed by atoms with Crippen LogP contribution in [0.3, 0.4) is 0 Å². The molecule has 162 valence electrons. The first kappa shape index (κ1) is 23.9. The fourth-order valence-electron chi connectivity index (χ4n) is 3.09. The number of amides is 2. The van der Waals surface area contributed by atoms with Crippen LogP contribution in [0.15, 0.2) is 30.5 Å². The van der Waals surface area contributed by atoms with Crippen molar-refractivity contribution in [3.63, 3.8) is 0 Å². The lowest BCUT2D eigenvalue weighted by molar-refractivity contribution is -0.109. The molecule has 1 fully saturated rings. The first-order valence-corrected chi connectivity index (χ1v) is 9.63. The van der Waals surface area contributed by atoms with Crippen LogP contribution in [0.25, 0.3) is 0 Å². The van der Waals surface area contributed by atoms with Gasteiger partial charge in [0.15, 0.2) is 11.6 Å². The molecule has 4 N–H and O–H groups in total. The van der Waals surface area contributed by atoms with Crippen molar-refractivity contribution >= 4 is 36.3 Å². The predicted octanol–water partition coefficient (Wildman–Crippen LogP) is 3.36. The Morgan fingerprint density at radius 3 is 2.70 bits per heavy atom. The molecule has 1 aromatic carbocycles. The molecule has 1 aliphatic rings. The Bertz CT molecular complexity index is 894. The van der Waals surface area contributed by atoms with E-state index in [-0.39, 0.29) is 46.7 Å². The number of pyridine rings is 1. The zero-order valence-electron chi connectivity index (χ0n) is 16.2. The van der Waals surface area contributed by atoms with E-state index in [1.807, 2.05) is 6.92 Å². The van der Waals surface area contributed by atoms with Gasteiger partial charge in [0.05, 0.1) is 11.2 Å². The molecular formula is C20H23Cl2FN4O3. The largest absolute Gasteiger partial charge is 0.451 e. The average molecular weight is 457 g/mol. The second-order valence-corrected chi connectivity index (χ2v) is 7.44. The van der Waals surface area contributed by atoms with Crippen LogP contribution < -0.4 is 21.1 Å². The zero-order chi connectivity index (χ0) is 21.0. The van der Waals surface area contributed by atoms with E-state index < -0.39 is 11.7 Å². The topological polar surface area (TPSA) is 106 Å². The van der Waals surface area contributed by atoms with Gasteiger partial charge in [0.1, 0.15) is 11.4 Å². The van der Waals surface area contributed by atoms with Crippen molar-refractivity contribution in [2.24, 2.45) is 11.7 Å². The highest BCUT2D eigenvalue weighted by atomic mass is 35.5. The number of hydrogen-bond donors (Lipinski definition) is 3. The van der Waals surface area contributed by atoms with E-state index >= 15 is 4.39 Å². The maximum Gasteiger partial charge on any atom is 0.267 e. The number of aromatic nitrogens is 1. The Balaban J connectivity index is 0.00000320. The fraction of sp³-hybridized carbons (Fsp3) is 0.350. The number of ether oxygens (including phenoxy) is 1. The number of carbonyl (C=O) groups is 2. The summed E-state index contributed by atoms with van der Waals surface area (Å²) in [4.78, 5) is 25.5. The summed E-state index contributed by atoms with van der Waals surface area (Å²) in [5.41, 5.74) is 5.70. The number of hydrogen-bond acceptors (Lipinski definition) is 5. The Labute approximate surface area is 184 Å². The van der Waals surface area contributed by atoms with E-state index in [1.54, 1.807) is 12.1 Å². The number of nitrogens with two attached hydrogens (primary N) is 1. The van der Waals surface area contributed by atoms with Crippen molar-refractivity contribution in [1.82, 2.24) is 15.6 Å². The van der Waals surface area contributed by atoms with Gasteiger partial charge in [-0.2, -0.15) is 0 Å².